The second-order valence-corrected chi connectivity index (χ2v) is 5.55. The smallest absolute Gasteiger partial charge is 0.00390 e. The van der Waals surface area contributed by atoms with Crippen molar-refractivity contribution in [2.24, 2.45) is 11.7 Å². The summed E-state index contributed by atoms with van der Waals surface area (Å²) in [4.78, 5) is 0. The molecule has 0 heterocycles. The van der Waals surface area contributed by atoms with Gasteiger partial charge in [-0.25, -0.2) is 0 Å². The second kappa shape index (κ2) is 6.20. The van der Waals surface area contributed by atoms with Crippen molar-refractivity contribution < 1.29 is 0 Å². The average molecular weight is 231 g/mol. The highest BCUT2D eigenvalue weighted by atomic mass is 14.6. The third kappa shape index (κ3) is 3.85. The molecule has 0 unspecified atom stereocenters. The monoisotopic (exact) mass is 231 g/mol. The van der Waals surface area contributed by atoms with Crippen molar-refractivity contribution >= 4 is 0 Å². The van der Waals surface area contributed by atoms with Gasteiger partial charge in [-0.1, -0.05) is 37.6 Å². The lowest BCUT2D eigenvalue weighted by atomic mass is 9.82. The molecule has 0 radical (unpaired) electrons. The van der Waals surface area contributed by atoms with Crippen molar-refractivity contribution in [2.75, 3.05) is 0 Å². The van der Waals surface area contributed by atoms with Gasteiger partial charge in [0.1, 0.15) is 0 Å². The van der Waals surface area contributed by atoms with E-state index in [1.54, 1.807) is 0 Å². The Morgan fingerprint density at radius 3 is 2.18 bits per heavy atom. The molecule has 17 heavy (non-hydrogen) atoms. The standard InChI is InChI=1S/C16H25N/c1-2-3-13-4-6-14(7-5-13)12-15-8-10-16(17)11-9-15/h4-7,15-16H,2-3,8-12,17H2,1H3. The molecule has 0 amide bonds. The van der Waals surface area contributed by atoms with E-state index < -0.39 is 0 Å². The van der Waals surface area contributed by atoms with Crippen LogP contribution in [0.3, 0.4) is 0 Å². The van der Waals surface area contributed by atoms with Gasteiger partial charge in [-0.15, -0.1) is 0 Å². The van der Waals surface area contributed by atoms with Crippen molar-refractivity contribution in [3.05, 3.63) is 35.4 Å². The Kier molecular flexibility index (Phi) is 4.61. The molecule has 1 aliphatic rings. The first kappa shape index (κ1) is 12.6. The lowest BCUT2D eigenvalue weighted by molar-refractivity contribution is 0.325. The summed E-state index contributed by atoms with van der Waals surface area (Å²) in [6.45, 7) is 2.24. The van der Waals surface area contributed by atoms with Gasteiger partial charge in [-0.2, -0.15) is 0 Å². The van der Waals surface area contributed by atoms with E-state index in [1.165, 1.54) is 56.1 Å². The van der Waals surface area contributed by atoms with E-state index in [4.69, 9.17) is 5.73 Å². The van der Waals surface area contributed by atoms with E-state index in [0.717, 1.165) is 5.92 Å². The number of nitrogens with two attached hydrogens (primary N) is 1. The summed E-state index contributed by atoms with van der Waals surface area (Å²) in [6.07, 6.45) is 8.77. The minimum atomic E-state index is 0.471. The molecule has 1 heteroatoms. The van der Waals surface area contributed by atoms with E-state index in [-0.39, 0.29) is 0 Å². The molecule has 94 valence electrons. The molecule has 1 aromatic carbocycles. The summed E-state index contributed by atoms with van der Waals surface area (Å²) >= 11 is 0. The Labute approximate surface area is 105 Å². The topological polar surface area (TPSA) is 26.0 Å². The van der Waals surface area contributed by atoms with Crippen LogP contribution in [0, 0.1) is 5.92 Å². The summed E-state index contributed by atoms with van der Waals surface area (Å²) in [6, 6.07) is 9.71. The zero-order valence-electron chi connectivity index (χ0n) is 11.0. The molecule has 1 aliphatic carbocycles. The molecule has 2 rings (SSSR count). The van der Waals surface area contributed by atoms with Gasteiger partial charge in [0.2, 0.25) is 0 Å². The normalized spacial score (nSPS) is 24.8. The minimum Gasteiger partial charge on any atom is -0.328 e. The van der Waals surface area contributed by atoms with Crippen molar-refractivity contribution in [3.63, 3.8) is 0 Å². The van der Waals surface area contributed by atoms with Crippen molar-refractivity contribution in [1.29, 1.82) is 0 Å². The summed E-state index contributed by atoms with van der Waals surface area (Å²) in [7, 11) is 0. The van der Waals surface area contributed by atoms with E-state index >= 15 is 0 Å². The molecule has 0 saturated heterocycles. The quantitative estimate of drug-likeness (QED) is 0.840. The lowest BCUT2D eigenvalue weighted by Gasteiger charge is -2.26. The molecule has 0 atom stereocenters. The highest BCUT2D eigenvalue weighted by molar-refractivity contribution is 5.23. The second-order valence-electron chi connectivity index (χ2n) is 5.55. The summed E-state index contributed by atoms with van der Waals surface area (Å²) in [5.74, 6) is 0.867. The summed E-state index contributed by atoms with van der Waals surface area (Å²) < 4.78 is 0. The maximum atomic E-state index is 5.94. The Morgan fingerprint density at radius 1 is 1.00 bits per heavy atom. The van der Waals surface area contributed by atoms with E-state index in [0.29, 0.717) is 6.04 Å². The maximum absolute atomic E-state index is 5.94. The van der Waals surface area contributed by atoms with Gasteiger partial charge in [0.05, 0.1) is 0 Å². The van der Waals surface area contributed by atoms with E-state index in [1.807, 2.05) is 0 Å². The molecule has 1 nitrogen and oxygen atoms in total. The van der Waals surface area contributed by atoms with Crippen LogP contribution in [0.4, 0.5) is 0 Å². The Morgan fingerprint density at radius 2 is 1.59 bits per heavy atom. The number of hydrogen-bond donors (Lipinski definition) is 1. The first-order chi connectivity index (χ1) is 8.28. The third-order valence-electron chi connectivity index (χ3n) is 3.98. The minimum absolute atomic E-state index is 0.471. The van der Waals surface area contributed by atoms with Crippen LogP contribution in [0.2, 0.25) is 0 Å². The number of rotatable bonds is 4. The molecule has 1 saturated carbocycles. The van der Waals surface area contributed by atoms with Gasteiger partial charge >= 0.3 is 0 Å². The number of benzene rings is 1. The van der Waals surface area contributed by atoms with Crippen LogP contribution < -0.4 is 5.73 Å². The Balaban J connectivity index is 1.86. The molecule has 1 aromatic rings. The molecular weight excluding hydrogens is 206 g/mol. The highest BCUT2D eigenvalue weighted by Crippen LogP contribution is 2.26. The molecule has 0 aromatic heterocycles. The fourth-order valence-corrected chi connectivity index (χ4v) is 2.86. The number of aryl methyl sites for hydroxylation is 1. The molecule has 1 fully saturated rings. The summed E-state index contributed by atoms with van der Waals surface area (Å²) in [5, 5.41) is 0. The predicted molar refractivity (Wildman–Crippen MR) is 74.1 cm³/mol. The molecule has 0 aliphatic heterocycles. The van der Waals surface area contributed by atoms with Gasteiger partial charge in [0, 0.05) is 6.04 Å². The number of hydrogen-bond acceptors (Lipinski definition) is 1. The van der Waals surface area contributed by atoms with Gasteiger partial charge in [-0.3, -0.25) is 0 Å². The van der Waals surface area contributed by atoms with E-state index in [2.05, 4.69) is 31.2 Å². The first-order valence-electron chi connectivity index (χ1n) is 7.11. The fourth-order valence-electron chi connectivity index (χ4n) is 2.86. The Hall–Kier alpha value is -0.820. The van der Waals surface area contributed by atoms with Crippen LogP contribution in [0.25, 0.3) is 0 Å². The van der Waals surface area contributed by atoms with Crippen molar-refractivity contribution in [3.8, 4) is 0 Å². The van der Waals surface area contributed by atoms with Gasteiger partial charge in [-0.05, 0) is 55.6 Å². The maximum Gasteiger partial charge on any atom is 0.00390 e. The van der Waals surface area contributed by atoms with Gasteiger partial charge < -0.3 is 5.73 Å². The van der Waals surface area contributed by atoms with Crippen LogP contribution in [-0.4, -0.2) is 6.04 Å². The Bertz CT molecular complexity index is 320. The molecule has 2 N–H and O–H groups in total. The average Bonchev–Trinajstić information content (AvgIpc) is 2.35. The predicted octanol–water partition coefficient (Wildman–Crippen LogP) is 3.70. The lowest BCUT2D eigenvalue weighted by Crippen LogP contribution is -2.27. The largest absolute Gasteiger partial charge is 0.328 e. The van der Waals surface area contributed by atoms with Crippen LogP contribution in [-0.2, 0) is 12.8 Å². The van der Waals surface area contributed by atoms with Crippen molar-refractivity contribution in [2.45, 2.75) is 57.9 Å². The first-order valence-corrected chi connectivity index (χ1v) is 7.11. The van der Waals surface area contributed by atoms with E-state index in [9.17, 15) is 0 Å². The molecule has 0 bridgehead atoms. The zero-order valence-corrected chi connectivity index (χ0v) is 11.0. The van der Waals surface area contributed by atoms with Gasteiger partial charge in [0.25, 0.3) is 0 Å². The van der Waals surface area contributed by atoms with Crippen LogP contribution >= 0.6 is 0 Å². The SMILES string of the molecule is CCCc1ccc(CC2CCC(N)CC2)cc1. The summed E-state index contributed by atoms with van der Waals surface area (Å²) in [5.41, 5.74) is 8.92. The third-order valence-corrected chi connectivity index (χ3v) is 3.98. The highest BCUT2D eigenvalue weighted by Gasteiger charge is 2.18. The van der Waals surface area contributed by atoms with Gasteiger partial charge in [0.15, 0.2) is 0 Å². The van der Waals surface area contributed by atoms with Crippen molar-refractivity contribution in [1.82, 2.24) is 0 Å². The fraction of sp³-hybridized carbons (Fsp3) is 0.625. The zero-order chi connectivity index (χ0) is 12.1. The molecular formula is C16H25N. The van der Waals surface area contributed by atoms with Crippen LogP contribution in [0.5, 0.6) is 0 Å². The van der Waals surface area contributed by atoms with Crippen LogP contribution in [0.1, 0.15) is 50.2 Å². The van der Waals surface area contributed by atoms with Crippen LogP contribution in [0.15, 0.2) is 24.3 Å². The molecule has 0 spiro atoms.